The molecule has 0 atom stereocenters. The summed E-state index contributed by atoms with van der Waals surface area (Å²) in [6, 6.07) is 0. The fourth-order valence-corrected chi connectivity index (χ4v) is 0.393. The molecule has 0 N–H and O–H groups in total. The Morgan fingerprint density at radius 3 is 2.00 bits per heavy atom. The summed E-state index contributed by atoms with van der Waals surface area (Å²) in [5.74, 6) is 0. The van der Waals surface area contributed by atoms with E-state index < -0.39 is 0 Å². The molecule has 1 aliphatic rings. The third kappa shape index (κ3) is 6.36. The molecule has 0 saturated heterocycles. The van der Waals surface area contributed by atoms with Crippen molar-refractivity contribution < 1.29 is 29.0 Å². The van der Waals surface area contributed by atoms with E-state index in [0.717, 1.165) is 6.42 Å². The first-order valence-electron chi connectivity index (χ1n) is 2.88. The summed E-state index contributed by atoms with van der Waals surface area (Å²) in [6.07, 6.45) is 9.50. The van der Waals surface area contributed by atoms with Crippen LogP contribution in [0.5, 0.6) is 0 Å². The van der Waals surface area contributed by atoms with Gasteiger partial charge in [-0.2, -0.15) is 0 Å². The maximum Gasteiger partial charge on any atom is -1.00 e. The molecule has 0 heterocycles. The Balaban J connectivity index is -0.0000000379. The van der Waals surface area contributed by atoms with E-state index in [-0.39, 0.29) is 4.28 Å². The van der Waals surface area contributed by atoms with Gasteiger partial charge in [-0.05, 0) is 6.42 Å². The molecule has 46 valence electrons. The second kappa shape index (κ2) is 7.36. The standard InChI is InChI=1S/C5H6.C2H5.Zr.3H/c1-2-4-5-3-1;1-2;;;;/h1-4H,5H2;1H2,2H3;;;;/q;;+3;3*-1. The number of rotatable bonds is 0. The van der Waals surface area contributed by atoms with Crippen LogP contribution in [0.25, 0.3) is 0 Å². The van der Waals surface area contributed by atoms with Crippen molar-refractivity contribution in [3.8, 4) is 0 Å². The van der Waals surface area contributed by atoms with Gasteiger partial charge in [-0.3, -0.25) is 0 Å². The monoisotopic (exact) mass is 188 g/mol. The first-order chi connectivity index (χ1) is 3.91. The molecule has 0 bridgehead atoms. The Morgan fingerprint density at radius 1 is 1.50 bits per heavy atom. The molecule has 1 rings (SSSR count). The number of hydrogen-bond acceptors (Lipinski definition) is 0. The largest absolute Gasteiger partial charge is 1.00 e. The van der Waals surface area contributed by atoms with Crippen molar-refractivity contribution in [2.45, 2.75) is 17.5 Å². The van der Waals surface area contributed by atoms with Crippen LogP contribution in [0.3, 0.4) is 0 Å². The summed E-state index contributed by atoms with van der Waals surface area (Å²) in [7, 11) is 0. The quantitative estimate of drug-likeness (QED) is 0.550. The van der Waals surface area contributed by atoms with E-state index in [9.17, 15) is 0 Å². The average molecular weight is 189 g/mol. The second-order valence-electron chi connectivity index (χ2n) is 1.45. The molecule has 8 heavy (non-hydrogen) atoms. The fraction of sp³-hybridized carbons (Fsp3) is 0.429. The maximum absolute atomic E-state index is 2.16. The van der Waals surface area contributed by atoms with Crippen LogP contribution in [0.1, 0.15) is 17.6 Å². The van der Waals surface area contributed by atoms with E-state index in [0.29, 0.717) is 0 Å². The molecule has 0 aromatic carbocycles. The first kappa shape index (κ1) is 8.36. The molecular formula is C7H14Zr. The Labute approximate surface area is 71.0 Å². The molecule has 1 heteroatoms. The SMILES string of the molecule is C1=CCC=C1.C[CH2][Zr+3].[H-].[H-].[H-]. The van der Waals surface area contributed by atoms with Crippen LogP contribution >= 0.6 is 0 Å². The van der Waals surface area contributed by atoms with Crippen molar-refractivity contribution in [3.63, 3.8) is 0 Å². The zero-order valence-corrected chi connectivity index (χ0v) is 7.68. The summed E-state index contributed by atoms with van der Waals surface area (Å²) in [5.41, 5.74) is 0. The minimum absolute atomic E-state index is 0. The Kier molecular flexibility index (Phi) is 7.70. The van der Waals surface area contributed by atoms with Gasteiger partial charge in [-0.25, -0.2) is 0 Å². The molecule has 0 fully saturated rings. The fourth-order valence-electron chi connectivity index (χ4n) is 0.393. The van der Waals surface area contributed by atoms with E-state index in [4.69, 9.17) is 0 Å². The van der Waals surface area contributed by atoms with Crippen LogP contribution in [-0.2, 0) is 24.7 Å². The number of hydrogen-bond donors (Lipinski definition) is 0. The van der Waals surface area contributed by atoms with Crippen LogP contribution in [-0.4, -0.2) is 0 Å². The van der Waals surface area contributed by atoms with Crippen molar-refractivity contribution in [2.75, 3.05) is 0 Å². The molecule has 1 aliphatic carbocycles. The maximum atomic E-state index is 2.16. The topological polar surface area (TPSA) is 0 Å². The Hall–Kier alpha value is 0.363. The molecule has 0 aromatic heterocycles. The molecule has 0 aliphatic heterocycles. The van der Waals surface area contributed by atoms with Gasteiger partial charge < -0.3 is 4.28 Å². The molecular weight excluding hydrogens is 175 g/mol. The Morgan fingerprint density at radius 2 is 1.88 bits per heavy atom. The second-order valence-corrected chi connectivity index (χ2v) is 3.18. The van der Waals surface area contributed by atoms with Gasteiger partial charge in [-0.15, -0.1) is 0 Å². The third-order valence-corrected chi connectivity index (χ3v) is 0.655. The minimum atomic E-state index is 0. The molecule has 0 radical (unpaired) electrons. The van der Waals surface area contributed by atoms with E-state index in [1.807, 2.05) is 0 Å². The Bertz CT molecular complexity index is 81.7. The van der Waals surface area contributed by atoms with Crippen molar-refractivity contribution in [1.82, 2.24) is 0 Å². The average Bonchev–Trinajstić information content (AvgIpc) is 2.17. The van der Waals surface area contributed by atoms with Gasteiger partial charge in [-0.1, -0.05) is 24.3 Å². The van der Waals surface area contributed by atoms with Crippen LogP contribution in [0.2, 0.25) is 4.13 Å². The van der Waals surface area contributed by atoms with Gasteiger partial charge in [0, 0.05) is 0 Å². The number of allylic oxidation sites excluding steroid dienone is 4. The molecule has 0 aromatic rings. The van der Waals surface area contributed by atoms with Crippen molar-refractivity contribution in [3.05, 3.63) is 24.3 Å². The van der Waals surface area contributed by atoms with E-state index >= 15 is 0 Å². The van der Waals surface area contributed by atoms with Gasteiger partial charge in [0.15, 0.2) is 0 Å². The zero-order valence-electron chi connectivity index (χ0n) is 8.22. The molecule has 0 saturated carbocycles. The van der Waals surface area contributed by atoms with Gasteiger partial charge in [0.05, 0.1) is 0 Å². The third-order valence-electron chi connectivity index (χ3n) is 0.655. The van der Waals surface area contributed by atoms with Gasteiger partial charge in [0.2, 0.25) is 0 Å². The van der Waals surface area contributed by atoms with Gasteiger partial charge in [0.1, 0.15) is 0 Å². The molecule has 0 amide bonds. The van der Waals surface area contributed by atoms with Crippen LogP contribution in [0.4, 0.5) is 0 Å². The van der Waals surface area contributed by atoms with E-state index in [2.05, 4.69) is 31.2 Å². The summed E-state index contributed by atoms with van der Waals surface area (Å²) in [5, 5.41) is 0. The first-order valence-corrected chi connectivity index (χ1v) is 4.62. The summed E-state index contributed by atoms with van der Waals surface area (Å²) in [6.45, 7) is 2.16. The minimum Gasteiger partial charge on any atom is -1.00 e. The molecule has 0 spiro atoms. The van der Waals surface area contributed by atoms with Crippen LogP contribution in [0, 0.1) is 0 Å². The smallest absolute Gasteiger partial charge is 1.00 e. The van der Waals surface area contributed by atoms with E-state index in [1.54, 1.807) is 24.7 Å². The summed E-state index contributed by atoms with van der Waals surface area (Å²) in [4.78, 5) is 0. The zero-order chi connectivity index (χ0) is 6.24. The van der Waals surface area contributed by atoms with Crippen LogP contribution in [0.15, 0.2) is 24.3 Å². The van der Waals surface area contributed by atoms with Gasteiger partial charge in [0.25, 0.3) is 0 Å². The van der Waals surface area contributed by atoms with Gasteiger partial charge >= 0.3 is 35.8 Å². The predicted molar refractivity (Wildman–Crippen MR) is 36.7 cm³/mol. The normalized spacial score (nSPS) is 13.4. The summed E-state index contributed by atoms with van der Waals surface area (Å²) < 4.78 is 1.34. The molecule has 0 unspecified atom stereocenters. The predicted octanol–water partition coefficient (Wildman–Crippen LogP) is 2.81. The van der Waals surface area contributed by atoms with Crippen LogP contribution < -0.4 is 0 Å². The van der Waals surface area contributed by atoms with E-state index in [1.165, 1.54) is 4.13 Å². The van der Waals surface area contributed by atoms with Crippen molar-refractivity contribution in [1.29, 1.82) is 0 Å². The molecule has 0 nitrogen and oxygen atoms in total. The van der Waals surface area contributed by atoms with Crippen molar-refractivity contribution in [2.24, 2.45) is 0 Å². The summed E-state index contributed by atoms with van der Waals surface area (Å²) >= 11 is 1.64. The van der Waals surface area contributed by atoms with Crippen molar-refractivity contribution >= 4 is 0 Å².